The maximum absolute atomic E-state index is 12.3. The highest BCUT2D eigenvalue weighted by atomic mass is 32.2. The van der Waals surface area contributed by atoms with Crippen LogP contribution in [0.25, 0.3) is 0 Å². The number of anilines is 2. The first-order chi connectivity index (χ1) is 17.8. The van der Waals surface area contributed by atoms with E-state index in [0.717, 1.165) is 33.4 Å². The number of hydrogen-bond donors (Lipinski definition) is 2. The van der Waals surface area contributed by atoms with Gasteiger partial charge in [0.1, 0.15) is 0 Å². The van der Waals surface area contributed by atoms with Gasteiger partial charge in [-0.2, -0.15) is 0 Å². The Morgan fingerprint density at radius 1 is 0.421 bits per heavy atom. The van der Waals surface area contributed by atoms with Crippen LogP contribution < -0.4 is 9.44 Å². The van der Waals surface area contributed by atoms with Gasteiger partial charge in [0.25, 0.3) is 20.0 Å². The third kappa shape index (κ3) is 7.69. The molecule has 0 amide bonds. The normalized spacial score (nSPS) is 11.3. The van der Waals surface area contributed by atoms with Crippen molar-refractivity contribution in [2.75, 3.05) is 9.44 Å². The van der Waals surface area contributed by atoms with Gasteiger partial charge < -0.3 is 0 Å². The van der Waals surface area contributed by atoms with Crippen LogP contribution in [0, 0.1) is 41.5 Å². The van der Waals surface area contributed by atoms with Crippen LogP contribution in [0.1, 0.15) is 33.4 Å². The molecule has 0 fully saturated rings. The van der Waals surface area contributed by atoms with Gasteiger partial charge in [-0.05, 0) is 89.1 Å². The zero-order valence-electron chi connectivity index (χ0n) is 22.5. The van der Waals surface area contributed by atoms with E-state index in [0.29, 0.717) is 21.2 Å². The summed E-state index contributed by atoms with van der Waals surface area (Å²) in [7, 11) is -7.05. The molecule has 0 saturated heterocycles. The summed E-state index contributed by atoms with van der Waals surface area (Å²) in [4.78, 5) is 0.636. The summed E-state index contributed by atoms with van der Waals surface area (Å²) in [6.07, 6.45) is 0. The number of sulfonamides is 2. The van der Waals surface area contributed by atoms with Crippen LogP contribution in [0.4, 0.5) is 11.4 Å². The molecule has 4 aromatic rings. The maximum atomic E-state index is 12.3. The summed E-state index contributed by atoms with van der Waals surface area (Å²) in [5.41, 5.74) is 6.93. The molecule has 2 N–H and O–H groups in total. The van der Waals surface area contributed by atoms with Crippen LogP contribution in [0.5, 0.6) is 0 Å². The van der Waals surface area contributed by atoms with Crippen molar-refractivity contribution < 1.29 is 16.8 Å². The molecular formula is C30H34N2O4S2. The minimum absolute atomic E-state index is 0.318. The molecule has 4 rings (SSSR count). The molecule has 0 aliphatic carbocycles. The summed E-state index contributed by atoms with van der Waals surface area (Å²) in [6, 6.07) is 25.2. The second-order valence-corrected chi connectivity index (χ2v) is 12.8. The Morgan fingerprint density at radius 2 is 0.711 bits per heavy atom. The maximum Gasteiger partial charge on any atom is 0.262 e. The smallest absolute Gasteiger partial charge is 0.262 e. The largest absolute Gasteiger partial charge is 0.280 e. The number of aryl methyl sites for hydroxylation is 6. The van der Waals surface area contributed by atoms with Crippen LogP contribution >= 0.6 is 0 Å². The highest BCUT2D eigenvalue weighted by molar-refractivity contribution is 7.93. The minimum atomic E-state index is -3.52. The van der Waals surface area contributed by atoms with Crippen LogP contribution in [0.15, 0.2) is 94.7 Å². The lowest BCUT2D eigenvalue weighted by Crippen LogP contribution is -2.14. The van der Waals surface area contributed by atoms with Crippen LogP contribution in [-0.4, -0.2) is 16.8 Å². The van der Waals surface area contributed by atoms with Crippen LogP contribution in [0.3, 0.4) is 0 Å². The molecule has 0 spiro atoms. The van der Waals surface area contributed by atoms with Crippen molar-refractivity contribution in [1.82, 2.24) is 0 Å². The SMILES string of the molecule is Cc1ccc(NS(=O)(=O)c2ccc(C)cc2C)cc1.Cc1ccc(NS(=O)(=O)c2ccc(C)cc2C)cc1. The molecule has 4 aromatic carbocycles. The highest BCUT2D eigenvalue weighted by Gasteiger charge is 2.17. The fourth-order valence-corrected chi connectivity index (χ4v) is 6.44. The molecule has 0 bridgehead atoms. The monoisotopic (exact) mass is 550 g/mol. The molecule has 38 heavy (non-hydrogen) atoms. The Bertz CT molecular complexity index is 1500. The second-order valence-electron chi connectivity index (χ2n) is 9.48. The van der Waals surface area contributed by atoms with Crippen molar-refractivity contribution >= 4 is 31.4 Å². The van der Waals surface area contributed by atoms with E-state index in [2.05, 4.69) is 9.44 Å². The standard InChI is InChI=1S/2C15H17NO2S/c2*1-11-4-7-14(8-5-11)16-19(17,18)15-9-6-12(2)10-13(15)3/h2*4-10,16H,1-3H3. The minimum Gasteiger partial charge on any atom is -0.280 e. The summed E-state index contributed by atoms with van der Waals surface area (Å²) >= 11 is 0. The quantitative estimate of drug-likeness (QED) is 0.275. The number of nitrogens with one attached hydrogen (secondary N) is 2. The molecule has 0 aromatic heterocycles. The molecule has 0 aliphatic heterocycles. The number of hydrogen-bond acceptors (Lipinski definition) is 4. The van der Waals surface area contributed by atoms with Crippen molar-refractivity contribution in [3.63, 3.8) is 0 Å². The lowest BCUT2D eigenvalue weighted by molar-refractivity contribution is 0.599. The third-order valence-electron chi connectivity index (χ3n) is 5.85. The molecule has 8 heteroatoms. The van der Waals surface area contributed by atoms with E-state index >= 15 is 0 Å². The van der Waals surface area contributed by atoms with Gasteiger partial charge in [0, 0.05) is 11.4 Å². The van der Waals surface area contributed by atoms with Crippen molar-refractivity contribution in [1.29, 1.82) is 0 Å². The van der Waals surface area contributed by atoms with E-state index in [4.69, 9.17) is 0 Å². The van der Waals surface area contributed by atoms with Crippen molar-refractivity contribution in [3.8, 4) is 0 Å². The molecule has 0 heterocycles. The Hall–Kier alpha value is -3.62. The second kappa shape index (κ2) is 11.8. The zero-order valence-corrected chi connectivity index (χ0v) is 24.2. The highest BCUT2D eigenvalue weighted by Crippen LogP contribution is 2.22. The van der Waals surface area contributed by atoms with Crippen LogP contribution in [0.2, 0.25) is 0 Å². The topological polar surface area (TPSA) is 92.3 Å². The Labute approximate surface area is 226 Å². The molecule has 0 radical (unpaired) electrons. The van der Waals surface area contributed by atoms with Gasteiger partial charge in [0.2, 0.25) is 0 Å². The molecule has 6 nitrogen and oxygen atoms in total. The van der Waals surface area contributed by atoms with Gasteiger partial charge in [-0.25, -0.2) is 16.8 Å². The van der Waals surface area contributed by atoms with Gasteiger partial charge >= 0.3 is 0 Å². The van der Waals surface area contributed by atoms with Crippen LogP contribution in [-0.2, 0) is 20.0 Å². The zero-order chi connectivity index (χ0) is 28.1. The molecule has 0 atom stereocenters. The summed E-state index contributed by atoms with van der Waals surface area (Å²) in [5, 5.41) is 0. The Kier molecular flexibility index (Phi) is 9.01. The third-order valence-corrected chi connectivity index (χ3v) is 8.93. The predicted octanol–water partition coefficient (Wildman–Crippen LogP) is 6.83. The van der Waals surface area contributed by atoms with Crippen molar-refractivity contribution in [3.05, 3.63) is 118 Å². The summed E-state index contributed by atoms with van der Waals surface area (Å²) in [5.74, 6) is 0. The Morgan fingerprint density at radius 3 is 1.00 bits per heavy atom. The molecular weight excluding hydrogens is 516 g/mol. The fraction of sp³-hybridized carbons (Fsp3) is 0.200. The van der Waals surface area contributed by atoms with E-state index in [1.54, 1.807) is 62.4 Å². The lowest BCUT2D eigenvalue weighted by Gasteiger charge is -2.11. The summed E-state index contributed by atoms with van der Waals surface area (Å²) in [6.45, 7) is 11.4. The van der Waals surface area contributed by atoms with E-state index in [1.807, 2.05) is 64.1 Å². The van der Waals surface area contributed by atoms with Crippen molar-refractivity contribution in [2.45, 2.75) is 51.3 Å². The average molecular weight is 551 g/mol. The van der Waals surface area contributed by atoms with E-state index in [1.165, 1.54) is 0 Å². The summed E-state index contributed by atoms with van der Waals surface area (Å²) < 4.78 is 54.4. The van der Waals surface area contributed by atoms with Gasteiger partial charge in [-0.1, -0.05) is 70.8 Å². The predicted molar refractivity (Wildman–Crippen MR) is 156 cm³/mol. The first-order valence-corrected chi connectivity index (χ1v) is 15.1. The first-order valence-electron chi connectivity index (χ1n) is 12.1. The van der Waals surface area contributed by atoms with Gasteiger partial charge in [0.15, 0.2) is 0 Å². The lowest BCUT2D eigenvalue weighted by atomic mass is 10.2. The van der Waals surface area contributed by atoms with Gasteiger partial charge in [0.05, 0.1) is 9.79 Å². The molecule has 0 aliphatic rings. The van der Waals surface area contributed by atoms with Crippen molar-refractivity contribution in [2.24, 2.45) is 0 Å². The fourth-order valence-electron chi connectivity index (χ4n) is 3.87. The van der Waals surface area contributed by atoms with E-state index in [9.17, 15) is 16.8 Å². The first kappa shape index (κ1) is 28.9. The van der Waals surface area contributed by atoms with Gasteiger partial charge in [-0.3, -0.25) is 9.44 Å². The molecule has 0 saturated carbocycles. The van der Waals surface area contributed by atoms with E-state index in [-0.39, 0.29) is 0 Å². The molecule has 0 unspecified atom stereocenters. The average Bonchev–Trinajstić information content (AvgIpc) is 2.82. The molecule has 200 valence electrons. The number of rotatable bonds is 6. The van der Waals surface area contributed by atoms with Gasteiger partial charge in [-0.15, -0.1) is 0 Å². The van der Waals surface area contributed by atoms with E-state index < -0.39 is 20.0 Å². The number of benzene rings is 4. The Balaban J connectivity index is 0.000000211.